The number of aromatic nitrogens is 2. The summed E-state index contributed by atoms with van der Waals surface area (Å²) in [4.78, 5) is 38.5. The van der Waals surface area contributed by atoms with E-state index in [0.29, 0.717) is 25.2 Å². The summed E-state index contributed by atoms with van der Waals surface area (Å²) in [5.74, 6) is -0.180. The molecule has 0 radical (unpaired) electrons. The van der Waals surface area contributed by atoms with Gasteiger partial charge in [0, 0.05) is 6.07 Å². The van der Waals surface area contributed by atoms with Crippen molar-refractivity contribution < 1.29 is 14.4 Å². The number of aryl methyl sites for hydroxylation is 1. The van der Waals surface area contributed by atoms with Crippen LogP contribution in [-0.2, 0) is 16.1 Å². The molecule has 0 unspecified atom stereocenters. The van der Waals surface area contributed by atoms with Crippen molar-refractivity contribution in [3.05, 3.63) is 47.7 Å². The maximum atomic E-state index is 12.7. The van der Waals surface area contributed by atoms with Crippen molar-refractivity contribution in [3.63, 3.8) is 0 Å². The molecule has 2 N–H and O–H groups in total. The number of nitrogens with zero attached hydrogens (tertiary/aromatic N) is 3. The zero-order valence-corrected chi connectivity index (χ0v) is 15.8. The van der Waals surface area contributed by atoms with E-state index >= 15 is 0 Å². The van der Waals surface area contributed by atoms with Crippen LogP contribution in [0.25, 0.3) is 0 Å². The second kappa shape index (κ2) is 7.10. The quantitative estimate of drug-likeness (QED) is 0.775. The number of imide groups is 1. The van der Waals surface area contributed by atoms with E-state index in [2.05, 4.69) is 15.7 Å². The van der Waals surface area contributed by atoms with Crippen LogP contribution >= 0.6 is 0 Å². The van der Waals surface area contributed by atoms with Gasteiger partial charge in [-0.25, -0.2) is 9.48 Å². The molecular formula is C20H23N5O3. The second-order valence-corrected chi connectivity index (χ2v) is 7.47. The number of amides is 4. The predicted molar refractivity (Wildman–Crippen MR) is 103 cm³/mol. The van der Waals surface area contributed by atoms with E-state index < -0.39 is 17.5 Å². The van der Waals surface area contributed by atoms with Crippen LogP contribution in [0.1, 0.15) is 36.9 Å². The highest BCUT2D eigenvalue weighted by Crippen LogP contribution is 2.34. The molecular weight excluding hydrogens is 358 g/mol. The SMILES string of the molecule is Cc1cc(NC(=O)CN2C(=O)NC3(CCCC3)C2=O)n(Cc2ccccc2)n1. The predicted octanol–water partition coefficient (Wildman–Crippen LogP) is 2.04. The largest absolute Gasteiger partial charge is 0.325 e. The third kappa shape index (κ3) is 3.37. The Morgan fingerprint density at radius 1 is 1.21 bits per heavy atom. The van der Waals surface area contributed by atoms with E-state index in [0.717, 1.165) is 29.0 Å². The minimum absolute atomic E-state index is 0.292. The topological polar surface area (TPSA) is 96.3 Å². The molecule has 2 heterocycles. The van der Waals surface area contributed by atoms with Gasteiger partial charge in [0.05, 0.1) is 12.2 Å². The Kier molecular flexibility index (Phi) is 4.62. The number of carbonyl (C=O) groups excluding carboxylic acids is 3. The molecule has 1 aromatic carbocycles. The molecule has 1 aliphatic carbocycles. The van der Waals surface area contributed by atoms with Crippen LogP contribution in [0.2, 0.25) is 0 Å². The molecule has 146 valence electrons. The van der Waals surface area contributed by atoms with Crippen LogP contribution in [0.3, 0.4) is 0 Å². The minimum Gasteiger partial charge on any atom is -0.323 e. The van der Waals surface area contributed by atoms with Gasteiger partial charge in [0.1, 0.15) is 17.9 Å². The molecule has 28 heavy (non-hydrogen) atoms. The molecule has 1 saturated heterocycles. The summed E-state index contributed by atoms with van der Waals surface area (Å²) in [7, 11) is 0. The summed E-state index contributed by atoms with van der Waals surface area (Å²) in [5, 5.41) is 9.99. The summed E-state index contributed by atoms with van der Waals surface area (Å²) in [6.45, 7) is 2.05. The maximum absolute atomic E-state index is 12.7. The average molecular weight is 381 g/mol. The fourth-order valence-corrected chi connectivity index (χ4v) is 3.99. The van der Waals surface area contributed by atoms with Gasteiger partial charge in [0.2, 0.25) is 5.91 Å². The van der Waals surface area contributed by atoms with Gasteiger partial charge in [-0.1, -0.05) is 43.2 Å². The highest BCUT2D eigenvalue weighted by Gasteiger charge is 2.52. The summed E-state index contributed by atoms with van der Waals surface area (Å²) < 4.78 is 1.70. The lowest BCUT2D eigenvalue weighted by Gasteiger charge is -2.19. The van der Waals surface area contributed by atoms with Crippen molar-refractivity contribution in [2.45, 2.75) is 44.7 Å². The van der Waals surface area contributed by atoms with Gasteiger partial charge in [-0.2, -0.15) is 5.10 Å². The molecule has 2 fully saturated rings. The Balaban J connectivity index is 1.44. The molecule has 1 aliphatic heterocycles. The highest BCUT2D eigenvalue weighted by molar-refractivity contribution is 6.10. The zero-order chi connectivity index (χ0) is 19.7. The minimum atomic E-state index is -0.803. The first-order valence-electron chi connectivity index (χ1n) is 9.49. The van der Waals surface area contributed by atoms with Crippen molar-refractivity contribution in [2.24, 2.45) is 0 Å². The van der Waals surface area contributed by atoms with Gasteiger partial charge in [-0.3, -0.25) is 14.5 Å². The molecule has 8 nitrogen and oxygen atoms in total. The summed E-state index contributed by atoms with van der Waals surface area (Å²) in [5.41, 5.74) is 1.02. The molecule has 1 saturated carbocycles. The Morgan fingerprint density at radius 2 is 1.93 bits per heavy atom. The number of hydrogen-bond acceptors (Lipinski definition) is 4. The Labute approximate surface area is 162 Å². The number of benzene rings is 1. The maximum Gasteiger partial charge on any atom is 0.325 e. The van der Waals surface area contributed by atoms with Crippen LogP contribution in [0.4, 0.5) is 10.6 Å². The van der Waals surface area contributed by atoms with Gasteiger partial charge in [-0.05, 0) is 25.3 Å². The monoisotopic (exact) mass is 381 g/mol. The van der Waals surface area contributed by atoms with Crippen LogP contribution in [0.5, 0.6) is 0 Å². The van der Waals surface area contributed by atoms with Gasteiger partial charge in [0.15, 0.2) is 0 Å². The number of hydrogen-bond donors (Lipinski definition) is 2. The smallest absolute Gasteiger partial charge is 0.323 e. The van der Waals surface area contributed by atoms with Crippen molar-refractivity contribution in [1.82, 2.24) is 20.0 Å². The Morgan fingerprint density at radius 3 is 2.64 bits per heavy atom. The van der Waals surface area contributed by atoms with E-state index in [4.69, 9.17) is 0 Å². The van der Waals surface area contributed by atoms with E-state index in [9.17, 15) is 14.4 Å². The third-order valence-electron chi connectivity index (χ3n) is 5.35. The Hall–Kier alpha value is -3.16. The van der Waals surface area contributed by atoms with Gasteiger partial charge >= 0.3 is 6.03 Å². The first-order chi connectivity index (χ1) is 13.5. The third-order valence-corrected chi connectivity index (χ3v) is 5.35. The van der Waals surface area contributed by atoms with Crippen LogP contribution in [0.15, 0.2) is 36.4 Å². The normalized spacial score (nSPS) is 18.0. The van der Waals surface area contributed by atoms with Crippen molar-refractivity contribution in [3.8, 4) is 0 Å². The lowest BCUT2D eigenvalue weighted by atomic mass is 9.98. The summed E-state index contributed by atoms with van der Waals surface area (Å²) in [6.07, 6.45) is 3.09. The first-order valence-corrected chi connectivity index (χ1v) is 9.49. The molecule has 1 spiro atoms. The molecule has 1 aromatic heterocycles. The number of urea groups is 1. The first kappa shape index (κ1) is 18.2. The number of carbonyl (C=O) groups is 3. The molecule has 0 atom stereocenters. The van der Waals surface area contributed by atoms with Crippen LogP contribution in [0, 0.1) is 6.92 Å². The summed E-state index contributed by atoms with van der Waals surface area (Å²) >= 11 is 0. The van der Waals surface area contributed by atoms with Gasteiger partial charge in [-0.15, -0.1) is 0 Å². The zero-order valence-electron chi connectivity index (χ0n) is 15.8. The van der Waals surface area contributed by atoms with Gasteiger partial charge in [0.25, 0.3) is 5.91 Å². The fourth-order valence-electron chi connectivity index (χ4n) is 3.99. The summed E-state index contributed by atoms with van der Waals surface area (Å²) in [6, 6.07) is 11.1. The highest BCUT2D eigenvalue weighted by atomic mass is 16.2. The molecule has 2 aliphatic rings. The van der Waals surface area contributed by atoms with Crippen molar-refractivity contribution in [2.75, 3.05) is 11.9 Å². The van der Waals surface area contributed by atoms with Crippen molar-refractivity contribution in [1.29, 1.82) is 0 Å². The molecule has 0 bridgehead atoms. The van der Waals surface area contributed by atoms with Crippen LogP contribution < -0.4 is 10.6 Å². The van der Waals surface area contributed by atoms with Gasteiger partial charge < -0.3 is 10.6 Å². The number of nitrogens with one attached hydrogen (secondary N) is 2. The number of anilines is 1. The molecule has 8 heteroatoms. The fraction of sp³-hybridized carbons (Fsp3) is 0.400. The van der Waals surface area contributed by atoms with Crippen molar-refractivity contribution >= 4 is 23.7 Å². The van der Waals surface area contributed by atoms with E-state index in [1.165, 1.54) is 0 Å². The van der Waals surface area contributed by atoms with E-state index in [1.54, 1.807) is 10.7 Å². The standard InChI is InChI=1S/C20H23N5O3/c1-14-11-16(25(23-14)12-15-7-3-2-4-8-15)21-17(26)13-24-18(27)20(22-19(24)28)9-5-6-10-20/h2-4,7-8,11H,5-6,9-10,12-13H2,1H3,(H,21,26)(H,22,28). The lowest BCUT2D eigenvalue weighted by Crippen LogP contribution is -2.44. The molecule has 4 amide bonds. The average Bonchev–Trinajstić information content (AvgIpc) is 3.32. The van der Waals surface area contributed by atoms with Crippen LogP contribution in [-0.4, -0.2) is 44.6 Å². The molecule has 4 rings (SSSR count). The Bertz CT molecular complexity index is 915. The number of rotatable bonds is 5. The second-order valence-electron chi connectivity index (χ2n) is 7.47. The van der Waals surface area contributed by atoms with E-state index in [1.807, 2.05) is 37.3 Å². The molecule has 2 aromatic rings. The van der Waals surface area contributed by atoms with E-state index in [-0.39, 0.29) is 12.5 Å². The lowest BCUT2D eigenvalue weighted by molar-refractivity contribution is -0.133.